The van der Waals surface area contributed by atoms with E-state index in [4.69, 9.17) is 9.57 Å². The summed E-state index contributed by atoms with van der Waals surface area (Å²) in [5.74, 6) is 5.79. The fraction of sp³-hybridized carbons (Fsp3) is 0.350. The first-order valence-corrected chi connectivity index (χ1v) is 10.6. The second-order valence-corrected chi connectivity index (χ2v) is 8.15. The minimum atomic E-state index is -0.711. The molecule has 2 rings (SSSR count). The number of nitrogens with one attached hydrogen (secondary N) is 1. The van der Waals surface area contributed by atoms with Crippen molar-refractivity contribution in [2.45, 2.75) is 31.7 Å². The average Bonchev–Trinajstić information content (AvgIpc) is 2.65. The van der Waals surface area contributed by atoms with Gasteiger partial charge in [-0.05, 0) is 67.2 Å². The summed E-state index contributed by atoms with van der Waals surface area (Å²) in [5.41, 5.74) is -0.561. The molecule has 6 nitrogen and oxygen atoms in total. The van der Waals surface area contributed by atoms with Crippen molar-refractivity contribution in [2.75, 3.05) is 12.9 Å². The van der Waals surface area contributed by atoms with Crippen LogP contribution in [0.25, 0.3) is 10.9 Å². The van der Waals surface area contributed by atoms with Gasteiger partial charge in [-0.1, -0.05) is 11.1 Å². The van der Waals surface area contributed by atoms with Gasteiger partial charge < -0.3 is 14.9 Å². The number of rotatable bonds is 8. The van der Waals surface area contributed by atoms with Gasteiger partial charge in [-0.15, -0.1) is 17.7 Å². The van der Waals surface area contributed by atoms with Gasteiger partial charge in [-0.3, -0.25) is 9.78 Å². The van der Waals surface area contributed by atoms with Crippen molar-refractivity contribution in [2.24, 2.45) is 5.16 Å². The summed E-state index contributed by atoms with van der Waals surface area (Å²) in [5, 5.41) is 7.66. The molecule has 1 aromatic heterocycles. The standard InChI is InChI=1S/C20H22BrN3O3S/c1-5-6-9-26-23-13-20(2,3)24-18(25)19(28-4)27-16-7-8-17-14(11-16)10-15(21)12-22-17/h7-8,10-13,19H,9H2,1-4H3,(H,24,25). The number of aromatic nitrogens is 1. The molecule has 28 heavy (non-hydrogen) atoms. The first-order valence-electron chi connectivity index (χ1n) is 8.47. The van der Waals surface area contributed by atoms with Crippen LogP contribution in [0.3, 0.4) is 0 Å². The summed E-state index contributed by atoms with van der Waals surface area (Å²) in [4.78, 5) is 22.0. The second kappa shape index (κ2) is 10.3. The van der Waals surface area contributed by atoms with E-state index in [1.807, 2.05) is 38.3 Å². The lowest BCUT2D eigenvalue weighted by Crippen LogP contribution is -2.49. The Morgan fingerprint density at radius 1 is 1.46 bits per heavy atom. The van der Waals surface area contributed by atoms with E-state index in [9.17, 15) is 4.79 Å². The Labute approximate surface area is 177 Å². The molecule has 0 saturated carbocycles. The Balaban J connectivity index is 2.03. The molecule has 0 radical (unpaired) electrons. The molecule has 0 bridgehead atoms. The fourth-order valence-electron chi connectivity index (χ4n) is 2.21. The SMILES string of the molecule is CC#CCON=CC(C)(C)NC(=O)C(Oc1ccc2ncc(Br)cc2c1)SC. The lowest BCUT2D eigenvalue weighted by Gasteiger charge is -2.24. The zero-order valence-corrected chi connectivity index (χ0v) is 18.6. The number of nitrogens with zero attached hydrogens (tertiary/aromatic N) is 2. The van der Waals surface area contributed by atoms with E-state index in [1.54, 1.807) is 19.2 Å². The smallest absolute Gasteiger partial charge is 0.272 e. The Kier molecular flexibility index (Phi) is 8.15. The monoisotopic (exact) mass is 463 g/mol. The first-order chi connectivity index (χ1) is 13.3. The van der Waals surface area contributed by atoms with E-state index in [0.29, 0.717) is 5.75 Å². The van der Waals surface area contributed by atoms with Crippen molar-refractivity contribution >= 4 is 50.7 Å². The van der Waals surface area contributed by atoms with E-state index in [0.717, 1.165) is 15.4 Å². The number of ether oxygens (including phenoxy) is 1. The third-order valence-electron chi connectivity index (χ3n) is 3.50. The van der Waals surface area contributed by atoms with Gasteiger partial charge in [0, 0.05) is 16.1 Å². The normalized spacial score (nSPS) is 12.3. The molecule has 1 heterocycles. The van der Waals surface area contributed by atoms with Crippen molar-refractivity contribution in [3.8, 4) is 17.6 Å². The molecule has 0 aliphatic carbocycles. The Bertz CT molecular complexity index is 922. The summed E-state index contributed by atoms with van der Waals surface area (Å²) in [7, 11) is 0. The molecule has 1 atom stereocenters. The zero-order valence-electron chi connectivity index (χ0n) is 16.2. The number of oxime groups is 1. The second-order valence-electron chi connectivity index (χ2n) is 6.34. The van der Waals surface area contributed by atoms with E-state index < -0.39 is 11.0 Å². The van der Waals surface area contributed by atoms with Crippen LogP contribution in [-0.2, 0) is 9.63 Å². The summed E-state index contributed by atoms with van der Waals surface area (Å²) in [6, 6.07) is 7.47. The van der Waals surface area contributed by atoms with Gasteiger partial charge in [0.15, 0.2) is 6.61 Å². The molecule has 0 aliphatic rings. The molecule has 148 valence electrons. The van der Waals surface area contributed by atoms with Crippen LogP contribution in [0.15, 0.2) is 40.1 Å². The van der Waals surface area contributed by atoms with Crippen LogP contribution in [0.4, 0.5) is 0 Å². The first kappa shape index (κ1) is 22.1. The minimum Gasteiger partial charge on any atom is -0.470 e. The molecular weight excluding hydrogens is 442 g/mol. The maximum absolute atomic E-state index is 12.6. The van der Waals surface area contributed by atoms with Crippen LogP contribution in [0.2, 0.25) is 0 Å². The molecule has 0 saturated heterocycles. The Morgan fingerprint density at radius 3 is 2.96 bits per heavy atom. The quantitative estimate of drug-likeness (QED) is 0.210. The van der Waals surface area contributed by atoms with Gasteiger partial charge in [0.2, 0.25) is 5.44 Å². The third kappa shape index (κ3) is 6.73. The molecule has 1 amide bonds. The number of benzene rings is 1. The van der Waals surface area contributed by atoms with Crippen molar-refractivity contribution in [1.29, 1.82) is 0 Å². The maximum Gasteiger partial charge on any atom is 0.272 e. The topological polar surface area (TPSA) is 72.8 Å². The lowest BCUT2D eigenvalue weighted by molar-refractivity contribution is -0.125. The van der Waals surface area contributed by atoms with Crippen molar-refractivity contribution in [1.82, 2.24) is 10.3 Å². The average molecular weight is 464 g/mol. The van der Waals surface area contributed by atoms with E-state index in [1.165, 1.54) is 18.0 Å². The van der Waals surface area contributed by atoms with Gasteiger partial charge in [-0.25, -0.2) is 0 Å². The number of hydrogen-bond donors (Lipinski definition) is 1. The number of amides is 1. The summed E-state index contributed by atoms with van der Waals surface area (Å²) >= 11 is 4.71. The number of halogens is 1. The zero-order chi connectivity index (χ0) is 20.6. The van der Waals surface area contributed by atoms with Crippen LogP contribution < -0.4 is 10.1 Å². The van der Waals surface area contributed by atoms with Crippen molar-refractivity contribution in [3.05, 3.63) is 34.9 Å². The molecular formula is C20H22BrN3O3S. The molecule has 1 N–H and O–H groups in total. The minimum absolute atomic E-state index is 0.209. The highest BCUT2D eigenvalue weighted by Crippen LogP contribution is 2.24. The summed E-state index contributed by atoms with van der Waals surface area (Å²) in [6.45, 7) is 5.57. The molecule has 8 heteroatoms. The number of pyridine rings is 1. The largest absolute Gasteiger partial charge is 0.470 e. The Hall–Kier alpha value is -2.24. The Morgan fingerprint density at radius 2 is 2.25 bits per heavy atom. The fourth-order valence-corrected chi connectivity index (χ4v) is 3.04. The van der Waals surface area contributed by atoms with Crippen molar-refractivity contribution in [3.63, 3.8) is 0 Å². The van der Waals surface area contributed by atoms with E-state index in [-0.39, 0.29) is 12.5 Å². The molecule has 1 unspecified atom stereocenters. The number of carbonyl (C=O) groups is 1. The van der Waals surface area contributed by atoms with Gasteiger partial charge in [0.25, 0.3) is 5.91 Å². The van der Waals surface area contributed by atoms with Gasteiger partial charge >= 0.3 is 0 Å². The van der Waals surface area contributed by atoms with Crippen LogP contribution in [0.5, 0.6) is 5.75 Å². The van der Waals surface area contributed by atoms with Gasteiger partial charge in [-0.2, -0.15) is 0 Å². The molecule has 2 aromatic rings. The number of thioether (sulfide) groups is 1. The van der Waals surface area contributed by atoms with Crippen LogP contribution >= 0.6 is 27.7 Å². The predicted molar refractivity (Wildman–Crippen MR) is 117 cm³/mol. The van der Waals surface area contributed by atoms with Gasteiger partial charge in [0.05, 0.1) is 17.3 Å². The highest BCUT2D eigenvalue weighted by atomic mass is 79.9. The number of fused-ring (bicyclic) bond motifs is 1. The lowest BCUT2D eigenvalue weighted by atomic mass is 10.1. The van der Waals surface area contributed by atoms with Crippen LogP contribution in [0, 0.1) is 11.8 Å². The van der Waals surface area contributed by atoms with Crippen molar-refractivity contribution < 1.29 is 14.4 Å². The highest BCUT2D eigenvalue weighted by molar-refractivity contribution is 9.10. The van der Waals surface area contributed by atoms with Gasteiger partial charge in [0.1, 0.15) is 5.75 Å². The van der Waals surface area contributed by atoms with E-state index in [2.05, 4.69) is 43.2 Å². The van der Waals surface area contributed by atoms with Crippen LogP contribution in [-0.4, -0.2) is 40.9 Å². The molecule has 0 spiro atoms. The number of carbonyl (C=O) groups excluding carboxylic acids is 1. The summed E-state index contributed by atoms with van der Waals surface area (Å²) in [6.07, 6.45) is 5.08. The maximum atomic E-state index is 12.6. The third-order valence-corrected chi connectivity index (χ3v) is 4.67. The highest BCUT2D eigenvalue weighted by Gasteiger charge is 2.26. The number of hydrogen-bond acceptors (Lipinski definition) is 6. The molecule has 1 aromatic carbocycles. The molecule has 0 aliphatic heterocycles. The molecule has 0 fully saturated rings. The summed E-state index contributed by atoms with van der Waals surface area (Å²) < 4.78 is 6.77. The predicted octanol–water partition coefficient (Wildman–Crippen LogP) is 3.99. The van der Waals surface area contributed by atoms with E-state index >= 15 is 0 Å². The van der Waals surface area contributed by atoms with Crippen LogP contribution in [0.1, 0.15) is 20.8 Å².